The Balaban J connectivity index is 1.63. The van der Waals surface area contributed by atoms with Crippen LogP contribution in [-0.4, -0.2) is 49.1 Å². The number of methoxy groups -OCH3 is 1. The lowest BCUT2D eigenvalue weighted by atomic mass is 9.91. The van der Waals surface area contributed by atoms with E-state index in [0.29, 0.717) is 13.1 Å². The average Bonchev–Trinajstić information content (AvgIpc) is 3.44. The molecule has 0 bridgehead atoms. The van der Waals surface area contributed by atoms with E-state index < -0.39 is 16.0 Å². The molecule has 2 aromatic heterocycles. The summed E-state index contributed by atoms with van der Waals surface area (Å²) in [5.41, 5.74) is 2.97. The molecule has 4 rings (SSSR count). The monoisotopic (exact) mass is 431 g/mol. The predicted molar refractivity (Wildman–Crippen MR) is 110 cm³/mol. The molecule has 0 amide bonds. The molecule has 1 aliphatic heterocycles. The number of benzene rings is 1. The van der Waals surface area contributed by atoms with Gasteiger partial charge in [-0.15, -0.1) is 11.3 Å². The van der Waals surface area contributed by atoms with E-state index in [1.807, 2.05) is 30.3 Å². The molecular formula is C20H21N3O4S2. The lowest BCUT2D eigenvalue weighted by molar-refractivity contribution is 0.0602. The first-order valence-electron chi connectivity index (χ1n) is 9.27. The Morgan fingerprint density at radius 3 is 2.83 bits per heavy atom. The second kappa shape index (κ2) is 8.10. The van der Waals surface area contributed by atoms with E-state index >= 15 is 0 Å². The van der Waals surface area contributed by atoms with E-state index in [-0.39, 0.29) is 15.7 Å². The molecule has 1 saturated heterocycles. The van der Waals surface area contributed by atoms with Crippen molar-refractivity contribution in [1.29, 1.82) is 0 Å². The summed E-state index contributed by atoms with van der Waals surface area (Å²) in [4.78, 5) is 12.1. The molecule has 29 heavy (non-hydrogen) atoms. The van der Waals surface area contributed by atoms with Crippen LogP contribution < -0.4 is 0 Å². The number of carbonyl (C=O) groups excluding carboxylic acids is 1. The zero-order valence-corrected chi connectivity index (χ0v) is 17.5. The topological polar surface area (TPSA) is 92.4 Å². The number of sulfonamides is 1. The van der Waals surface area contributed by atoms with E-state index in [0.717, 1.165) is 41.0 Å². The summed E-state index contributed by atoms with van der Waals surface area (Å²) in [6, 6.07) is 11.4. The van der Waals surface area contributed by atoms with Gasteiger partial charge in [0.05, 0.1) is 13.3 Å². The molecule has 3 heterocycles. The van der Waals surface area contributed by atoms with E-state index in [1.54, 1.807) is 11.6 Å². The van der Waals surface area contributed by atoms with Crippen molar-refractivity contribution in [2.45, 2.75) is 23.7 Å². The Kier molecular flexibility index (Phi) is 5.53. The molecule has 0 radical (unpaired) electrons. The van der Waals surface area contributed by atoms with Crippen molar-refractivity contribution in [2.75, 3.05) is 20.2 Å². The van der Waals surface area contributed by atoms with E-state index in [1.165, 1.54) is 17.5 Å². The third-order valence-corrected chi connectivity index (χ3v) is 8.09. The van der Waals surface area contributed by atoms with Crippen LogP contribution in [0.5, 0.6) is 0 Å². The van der Waals surface area contributed by atoms with Crippen molar-refractivity contribution in [2.24, 2.45) is 0 Å². The lowest BCUT2D eigenvalue weighted by Crippen LogP contribution is -2.39. The highest BCUT2D eigenvalue weighted by molar-refractivity contribution is 7.89. The molecule has 1 atom stereocenters. The van der Waals surface area contributed by atoms with Gasteiger partial charge in [-0.2, -0.15) is 9.40 Å². The van der Waals surface area contributed by atoms with Gasteiger partial charge in [0, 0.05) is 30.3 Å². The Hall–Kier alpha value is -2.49. The van der Waals surface area contributed by atoms with Crippen LogP contribution in [0.1, 0.15) is 34.1 Å². The normalized spacial score (nSPS) is 17.9. The highest BCUT2D eigenvalue weighted by atomic mass is 32.2. The van der Waals surface area contributed by atoms with Crippen LogP contribution in [0.2, 0.25) is 0 Å². The van der Waals surface area contributed by atoms with Gasteiger partial charge in [0.2, 0.25) is 10.0 Å². The van der Waals surface area contributed by atoms with E-state index in [4.69, 9.17) is 4.74 Å². The van der Waals surface area contributed by atoms with Crippen LogP contribution in [0.4, 0.5) is 0 Å². The minimum atomic E-state index is -3.80. The summed E-state index contributed by atoms with van der Waals surface area (Å²) in [6.45, 7) is 0.755. The van der Waals surface area contributed by atoms with Crippen molar-refractivity contribution < 1.29 is 17.9 Å². The fourth-order valence-corrected chi connectivity index (χ4v) is 6.56. The summed E-state index contributed by atoms with van der Waals surface area (Å²) >= 11 is 1.07. The second-order valence-corrected chi connectivity index (χ2v) is 9.69. The Labute approximate surface area is 173 Å². The van der Waals surface area contributed by atoms with Crippen molar-refractivity contribution >= 4 is 27.3 Å². The van der Waals surface area contributed by atoms with Crippen molar-refractivity contribution in [3.63, 3.8) is 0 Å². The van der Waals surface area contributed by atoms with Gasteiger partial charge >= 0.3 is 5.97 Å². The van der Waals surface area contributed by atoms with Gasteiger partial charge in [-0.3, -0.25) is 5.10 Å². The molecule has 1 aromatic carbocycles. The molecule has 7 nitrogen and oxygen atoms in total. The fraction of sp³-hybridized carbons (Fsp3) is 0.300. The summed E-state index contributed by atoms with van der Waals surface area (Å²) in [5.74, 6) is -0.636. The number of hydrogen-bond acceptors (Lipinski definition) is 6. The number of rotatable bonds is 5. The van der Waals surface area contributed by atoms with Crippen LogP contribution in [0.25, 0.3) is 11.1 Å². The Bertz CT molecular complexity index is 1110. The van der Waals surface area contributed by atoms with Crippen LogP contribution in [0.3, 0.4) is 0 Å². The fourth-order valence-electron chi connectivity index (χ4n) is 3.73. The number of aromatic amines is 1. The number of nitrogens with zero attached hydrogens (tertiary/aromatic N) is 2. The van der Waals surface area contributed by atoms with Crippen molar-refractivity contribution in [3.8, 4) is 11.1 Å². The van der Waals surface area contributed by atoms with Crippen molar-refractivity contribution in [3.05, 3.63) is 58.5 Å². The zero-order chi connectivity index (χ0) is 20.4. The third kappa shape index (κ3) is 3.73. The first-order valence-corrected chi connectivity index (χ1v) is 11.6. The number of hydrogen-bond donors (Lipinski definition) is 1. The average molecular weight is 432 g/mol. The number of esters is 1. The smallest absolute Gasteiger partial charge is 0.349 e. The Morgan fingerprint density at radius 2 is 2.07 bits per heavy atom. The number of aromatic nitrogens is 2. The molecule has 1 unspecified atom stereocenters. The maximum atomic E-state index is 13.3. The van der Waals surface area contributed by atoms with Gasteiger partial charge < -0.3 is 4.74 Å². The number of thiophene rings is 1. The predicted octanol–water partition coefficient (Wildman–Crippen LogP) is 3.49. The standard InChI is InChI=1S/C20H21N3O4S2/c1-27-20(24)19-17(9-11-28-19)29(25,26)23-10-5-8-15(13-23)18-16(12-21-22-18)14-6-3-2-4-7-14/h2-4,6-7,9,11-12,15H,5,8,10,13H2,1H3,(H,21,22). The quantitative estimate of drug-likeness (QED) is 0.624. The SMILES string of the molecule is COC(=O)c1sccc1S(=O)(=O)N1CCCC(c2[nH]ncc2-c2ccccc2)C1. The molecule has 9 heteroatoms. The molecule has 3 aromatic rings. The van der Waals surface area contributed by atoms with Crippen LogP contribution in [0.15, 0.2) is 52.9 Å². The first kappa shape index (κ1) is 19.8. The second-order valence-electron chi connectivity index (χ2n) is 6.87. The molecule has 1 fully saturated rings. The lowest BCUT2D eigenvalue weighted by Gasteiger charge is -2.31. The number of piperidine rings is 1. The summed E-state index contributed by atoms with van der Waals surface area (Å²) in [6.07, 6.45) is 3.38. The molecule has 0 aliphatic carbocycles. The molecule has 0 saturated carbocycles. The van der Waals surface area contributed by atoms with Crippen molar-refractivity contribution in [1.82, 2.24) is 14.5 Å². The minimum Gasteiger partial charge on any atom is -0.465 e. The van der Waals surface area contributed by atoms with Gasteiger partial charge in [-0.1, -0.05) is 30.3 Å². The molecule has 0 spiro atoms. The number of nitrogens with one attached hydrogen (secondary N) is 1. The van der Waals surface area contributed by atoms with Gasteiger partial charge in [-0.25, -0.2) is 13.2 Å². The van der Waals surface area contributed by atoms with E-state index in [2.05, 4.69) is 10.2 Å². The highest BCUT2D eigenvalue weighted by Gasteiger charge is 2.35. The molecular weight excluding hydrogens is 410 g/mol. The summed E-state index contributed by atoms with van der Waals surface area (Å²) in [7, 11) is -2.55. The minimum absolute atomic E-state index is 0.00329. The number of ether oxygens (including phenoxy) is 1. The molecule has 1 aliphatic rings. The largest absolute Gasteiger partial charge is 0.465 e. The molecule has 152 valence electrons. The van der Waals surface area contributed by atoms with Crippen LogP contribution in [-0.2, 0) is 14.8 Å². The maximum Gasteiger partial charge on any atom is 0.349 e. The van der Waals surface area contributed by atoms with Crippen LogP contribution >= 0.6 is 11.3 Å². The molecule has 1 N–H and O–H groups in total. The van der Waals surface area contributed by atoms with Crippen LogP contribution in [0, 0.1) is 0 Å². The number of H-pyrrole nitrogens is 1. The number of carbonyl (C=O) groups is 1. The summed E-state index contributed by atoms with van der Waals surface area (Å²) in [5, 5.41) is 8.88. The van der Waals surface area contributed by atoms with Gasteiger partial charge in [0.15, 0.2) is 0 Å². The van der Waals surface area contributed by atoms with E-state index in [9.17, 15) is 13.2 Å². The van der Waals surface area contributed by atoms with Gasteiger partial charge in [0.1, 0.15) is 9.77 Å². The van der Waals surface area contributed by atoms with Gasteiger partial charge in [-0.05, 0) is 29.9 Å². The summed E-state index contributed by atoms with van der Waals surface area (Å²) < 4.78 is 32.7. The highest BCUT2D eigenvalue weighted by Crippen LogP contribution is 2.35. The maximum absolute atomic E-state index is 13.3. The first-order chi connectivity index (χ1) is 14.0. The Morgan fingerprint density at radius 1 is 1.28 bits per heavy atom. The zero-order valence-electron chi connectivity index (χ0n) is 15.9. The third-order valence-electron chi connectivity index (χ3n) is 5.16. The van der Waals surface area contributed by atoms with Gasteiger partial charge in [0.25, 0.3) is 0 Å².